The van der Waals surface area contributed by atoms with Crippen LogP contribution in [0.25, 0.3) is 0 Å². The standard InChI is InChI=1S/C5H11NO3S/c7-4-5-2-1-3-6(5)10(8)9/h5,7H,1-4H2,(H,8,9). The molecule has 0 aromatic rings. The van der Waals surface area contributed by atoms with Gasteiger partial charge >= 0.3 is 0 Å². The van der Waals surface area contributed by atoms with E-state index < -0.39 is 11.3 Å². The molecule has 4 nitrogen and oxygen atoms in total. The van der Waals surface area contributed by atoms with Crippen LogP contribution in [0.3, 0.4) is 0 Å². The molecule has 1 fully saturated rings. The van der Waals surface area contributed by atoms with E-state index in [1.54, 1.807) is 0 Å². The van der Waals surface area contributed by atoms with Gasteiger partial charge in [-0.25, -0.2) is 4.21 Å². The first-order valence-electron chi connectivity index (χ1n) is 3.24. The van der Waals surface area contributed by atoms with Gasteiger partial charge in [0.2, 0.25) is 11.3 Å². The highest BCUT2D eigenvalue weighted by molar-refractivity contribution is 7.76. The van der Waals surface area contributed by atoms with Gasteiger partial charge in [-0.3, -0.25) is 4.55 Å². The van der Waals surface area contributed by atoms with Crippen molar-refractivity contribution < 1.29 is 13.9 Å². The second-order valence-electron chi connectivity index (χ2n) is 2.35. The molecule has 1 saturated heterocycles. The Labute approximate surface area is 62.3 Å². The van der Waals surface area contributed by atoms with Crippen molar-refractivity contribution in [3.63, 3.8) is 0 Å². The summed E-state index contributed by atoms with van der Waals surface area (Å²) >= 11 is -1.90. The van der Waals surface area contributed by atoms with Crippen LogP contribution in [0.4, 0.5) is 0 Å². The maximum absolute atomic E-state index is 10.5. The molecular weight excluding hydrogens is 154 g/mol. The summed E-state index contributed by atoms with van der Waals surface area (Å²) in [6.45, 7) is 0.598. The first-order chi connectivity index (χ1) is 4.75. The van der Waals surface area contributed by atoms with Crippen LogP contribution in [0.15, 0.2) is 0 Å². The summed E-state index contributed by atoms with van der Waals surface area (Å²) in [7, 11) is 0. The lowest BCUT2D eigenvalue weighted by Gasteiger charge is -2.16. The molecule has 0 spiro atoms. The quantitative estimate of drug-likeness (QED) is 0.546. The van der Waals surface area contributed by atoms with Crippen LogP contribution in [-0.2, 0) is 11.3 Å². The summed E-state index contributed by atoms with van der Waals surface area (Å²) in [6.07, 6.45) is 1.72. The van der Waals surface area contributed by atoms with E-state index in [2.05, 4.69) is 0 Å². The van der Waals surface area contributed by atoms with Gasteiger partial charge in [0.1, 0.15) is 0 Å². The fourth-order valence-electron chi connectivity index (χ4n) is 1.20. The third-order valence-electron chi connectivity index (χ3n) is 1.73. The summed E-state index contributed by atoms with van der Waals surface area (Å²) in [4.78, 5) is 0. The minimum Gasteiger partial charge on any atom is -0.395 e. The van der Waals surface area contributed by atoms with E-state index in [0.29, 0.717) is 6.54 Å². The third kappa shape index (κ3) is 1.54. The zero-order chi connectivity index (χ0) is 7.56. The van der Waals surface area contributed by atoms with E-state index in [0.717, 1.165) is 12.8 Å². The lowest BCUT2D eigenvalue weighted by atomic mass is 10.2. The molecule has 0 amide bonds. The highest BCUT2D eigenvalue weighted by atomic mass is 32.2. The number of nitrogens with zero attached hydrogens (tertiary/aromatic N) is 1. The van der Waals surface area contributed by atoms with Crippen molar-refractivity contribution in [2.45, 2.75) is 18.9 Å². The Bertz CT molecular complexity index is 141. The summed E-state index contributed by atoms with van der Waals surface area (Å²) in [5.41, 5.74) is 0. The zero-order valence-electron chi connectivity index (χ0n) is 5.56. The molecule has 0 saturated carbocycles. The molecule has 1 heterocycles. The predicted octanol–water partition coefficient (Wildman–Crippen LogP) is -0.420. The van der Waals surface area contributed by atoms with Gasteiger partial charge < -0.3 is 5.11 Å². The highest BCUT2D eigenvalue weighted by Crippen LogP contribution is 2.17. The monoisotopic (exact) mass is 165 g/mol. The van der Waals surface area contributed by atoms with Crippen LogP contribution in [0.1, 0.15) is 12.8 Å². The Morgan fingerprint density at radius 2 is 2.40 bits per heavy atom. The Balaban J connectivity index is 2.50. The maximum Gasteiger partial charge on any atom is 0.234 e. The van der Waals surface area contributed by atoms with Gasteiger partial charge in [-0.1, -0.05) is 0 Å². The van der Waals surface area contributed by atoms with Crippen LogP contribution in [-0.4, -0.2) is 37.4 Å². The van der Waals surface area contributed by atoms with Crippen molar-refractivity contribution in [1.29, 1.82) is 0 Å². The molecule has 0 radical (unpaired) electrons. The Morgan fingerprint density at radius 3 is 2.80 bits per heavy atom. The molecule has 0 aliphatic carbocycles. The number of rotatable bonds is 2. The number of hydrogen-bond acceptors (Lipinski definition) is 2. The fraction of sp³-hybridized carbons (Fsp3) is 1.00. The Hall–Kier alpha value is 0.0300. The zero-order valence-corrected chi connectivity index (χ0v) is 6.38. The summed E-state index contributed by atoms with van der Waals surface area (Å²) in [5.74, 6) is 0. The van der Waals surface area contributed by atoms with E-state index in [-0.39, 0.29) is 12.6 Å². The minimum atomic E-state index is -1.90. The van der Waals surface area contributed by atoms with Gasteiger partial charge in [0.15, 0.2) is 0 Å². The second-order valence-corrected chi connectivity index (χ2v) is 3.28. The molecule has 60 valence electrons. The summed E-state index contributed by atoms with van der Waals surface area (Å²) in [5, 5.41) is 8.70. The van der Waals surface area contributed by atoms with Gasteiger partial charge in [-0.05, 0) is 12.8 Å². The molecule has 1 aliphatic heterocycles. The Morgan fingerprint density at radius 1 is 1.70 bits per heavy atom. The number of aliphatic hydroxyl groups excluding tert-OH is 1. The number of hydrogen-bond donors (Lipinski definition) is 2. The van der Waals surface area contributed by atoms with Gasteiger partial charge in [-0.15, -0.1) is 0 Å². The third-order valence-corrected chi connectivity index (χ3v) is 2.62. The largest absolute Gasteiger partial charge is 0.395 e. The highest BCUT2D eigenvalue weighted by Gasteiger charge is 2.27. The van der Waals surface area contributed by atoms with E-state index >= 15 is 0 Å². The number of aliphatic hydroxyl groups is 1. The van der Waals surface area contributed by atoms with Gasteiger partial charge in [-0.2, -0.15) is 4.31 Å². The molecule has 10 heavy (non-hydrogen) atoms. The first-order valence-corrected chi connectivity index (χ1v) is 4.30. The van der Waals surface area contributed by atoms with Gasteiger partial charge in [0.05, 0.1) is 6.61 Å². The predicted molar refractivity (Wildman–Crippen MR) is 37.6 cm³/mol. The van der Waals surface area contributed by atoms with Crippen LogP contribution in [0.2, 0.25) is 0 Å². The Kier molecular flexibility index (Phi) is 2.79. The van der Waals surface area contributed by atoms with E-state index in [1.807, 2.05) is 0 Å². The second kappa shape index (κ2) is 3.43. The van der Waals surface area contributed by atoms with Crippen molar-refractivity contribution in [1.82, 2.24) is 4.31 Å². The molecule has 0 bridgehead atoms. The lowest BCUT2D eigenvalue weighted by molar-refractivity contribution is 0.212. The molecule has 0 aromatic carbocycles. The average Bonchev–Trinajstić information content (AvgIpc) is 2.33. The van der Waals surface area contributed by atoms with E-state index in [9.17, 15) is 4.21 Å². The van der Waals surface area contributed by atoms with Crippen molar-refractivity contribution in [3.05, 3.63) is 0 Å². The van der Waals surface area contributed by atoms with Crippen LogP contribution < -0.4 is 0 Å². The summed E-state index contributed by atoms with van der Waals surface area (Å²) < 4.78 is 20.5. The molecule has 1 aliphatic rings. The molecule has 5 heteroatoms. The lowest BCUT2D eigenvalue weighted by Crippen LogP contribution is -2.33. The molecule has 2 atom stereocenters. The van der Waals surface area contributed by atoms with E-state index in [1.165, 1.54) is 4.31 Å². The topological polar surface area (TPSA) is 60.8 Å². The van der Waals surface area contributed by atoms with Crippen molar-refractivity contribution in [3.8, 4) is 0 Å². The smallest absolute Gasteiger partial charge is 0.234 e. The molecule has 0 aromatic heterocycles. The normalized spacial score (nSPS) is 30.8. The van der Waals surface area contributed by atoms with Crippen molar-refractivity contribution in [2.24, 2.45) is 0 Å². The van der Waals surface area contributed by atoms with Crippen molar-refractivity contribution in [2.75, 3.05) is 13.2 Å². The van der Waals surface area contributed by atoms with Gasteiger partial charge in [0, 0.05) is 12.6 Å². The fourth-order valence-corrected chi connectivity index (χ4v) is 1.91. The van der Waals surface area contributed by atoms with Crippen LogP contribution in [0, 0.1) is 0 Å². The van der Waals surface area contributed by atoms with Crippen LogP contribution >= 0.6 is 0 Å². The average molecular weight is 165 g/mol. The minimum absolute atomic E-state index is 0.0215. The SMILES string of the molecule is O=S(O)N1CCCC1CO. The molecule has 2 N–H and O–H groups in total. The molecule has 1 rings (SSSR count). The molecule has 2 unspecified atom stereocenters. The van der Waals surface area contributed by atoms with Crippen molar-refractivity contribution >= 4 is 11.3 Å². The van der Waals surface area contributed by atoms with E-state index in [4.69, 9.17) is 9.66 Å². The van der Waals surface area contributed by atoms with Gasteiger partial charge in [0.25, 0.3) is 0 Å². The summed E-state index contributed by atoms with van der Waals surface area (Å²) in [6, 6.07) is -0.106. The maximum atomic E-state index is 10.5. The van der Waals surface area contributed by atoms with Crippen LogP contribution in [0.5, 0.6) is 0 Å². The molecular formula is C5H11NO3S. The first kappa shape index (κ1) is 8.13.